The lowest BCUT2D eigenvalue weighted by Gasteiger charge is -2.01. The Morgan fingerprint density at radius 3 is 2.75 bits per heavy atom. The lowest BCUT2D eigenvalue weighted by molar-refractivity contribution is 0.622. The quantitative estimate of drug-likeness (QED) is 0.657. The van der Waals surface area contributed by atoms with Gasteiger partial charge in [0.1, 0.15) is 11.9 Å². The third-order valence-electron chi connectivity index (χ3n) is 1.64. The summed E-state index contributed by atoms with van der Waals surface area (Å²) >= 11 is 5.76. The maximum Gasteiger partial charge on any atom is 0.141 e. The van der Waals surface area contributed by atoms with E-state index in [4.69, 9.17) is 16.9 Å². The third kappa shape index (κ3) is 1.57. The van der Waals surface area contributed by atoms with Gasteiger partial charge in [-0.3, -0.25) is 0 Å². The van der Waals surface area contributed by atoms with Crippen LogP contribution in [0.25, 0.3) is 0 Å². The van der Waals surface area contributed by atoms with Crippen molar-refractivity contribution in [3.63, 3.8) is 0 Å². The lowest BCUT2D eigenvalue weighted by Crippen LogP contribution is -1.89. The minimum absolute atomic E-state index is 0.00259. The molecule has 1 nitrogen and oxygen atoms in total. The second kappa shape index (κ2) is 3.55. The molecule has 0 radical (unpaired) electrons. The Bertz CT molecular complexity index is 340. The molecular formula is C9H7ClFN. The molecule has 1 rings (SSSR count). The summed E-state index contributed by atoms with van der Waals surface area (Å²) < 4.78 is 12.9. The molecule has 0 N–H and O–H groups in total. The summed E-state index contributed by atoms with van der Waals surface area (Å²) in [6, 6.07) is 4.39. The number of nitrogens with zero attached hydrogens (tertiary/aromatic N) is 1. The third-order valence-corrected chi connectivity index (χ3v) is 1.99. The predicted molar refractivity (Wildman–Crippen MR) is 45.5 cm³/mol. The van der Waals surface area contributed by atoms with Gasteiger partial charge in [0.15, 0.2) is 0 Å². The van der Waals surface area contributed by atoms with Crippen LogP contribution in [0.15, 0.2) is 12.1 Å². The zero-order chi connectivity index (χ0) is 9.14. The molecule has 1 aromatic rings. The van der Waals surface area contributed by atoms with Crippen molar-refractivity contribution in [2.24, 2.45) is 0 Å². The van der Waals surface area contributed by atoms with Gasteiger partial charge in [-0.2, -0.15) is 5.26 Å². The van der Waals surface area contributed by atoms with Crippen LogP contribution in [0.5, 0.6) is 0 Å². The molecule has 0 saturated carbocycles. The molecule has 0 aromatic heterocycles. The molecule has 1 aromatic carbocycles. The number of nitriles is 1. The molecular weight excluding hydrogens is 177 g/mol. The summed E-state index contributed by atoms with van der Waals surface area (Å²) in [7, 11) is 0. The molecule has 0 spiro atoms. The molecule has 0 aliphatic carbocycles. The molecule has 0 amide bonds. The maximum atomic E-state index is 12.9. The molecule has 3 heteroatoms. The fourth-order valence-electron chi connectivity index (χ4n) is 0.945. The first kappa shape index (κ1) is 9.02. The van der Waals surface area contributed by atoms with Crippen LogP contribution < -0.4 is 0 Å². The Kier molecular flexibility index (Phi) is 2.67. The first-order valence-corrected chi connectivity index (χ1v) is 3.94. The number of hydrogen-bond acceptors (Lipinski definition) is 1. The van der Waals surface area contributed by atoms with Gasteiger partial charge < -0.3 is 0 Å². The molecule has 0 fully saturated rings. The number of halogens is 2. The predicted octanol–water partition coefficient (Wildman–Crippen LogP) is 2.91. The van der Waals surface area contributed by atoms with Crippen molar-refractivity contribution in [2.75, 3.05) is 0 Å². The van der Waals surface area contributed by atoms with Gasteiger partial charge >= 0.3 is 0 Å². The normalized spacial score (nSPS) is 9.50. The summed E-state index contributed by atoms with van der Waals surface area (Å²) in [5.74, 6) is -0.501. The van der Waals surface area contributed by atoms with E-state index in [-0.39, 0.29) is 5.56 Å². The summed E-state index contributed by atoms with van der Waals surface area (Å²) in [5, 5.41) is 8.91. The van der Waals surface area contributed by atoms with Gasteiger partial charge in [-0.05, 0) is 24.1 Å². The van der Waals surface area contributed by atoms with Crippen LogP contribution >= 0.6 is 11.6 Å². The van der Waals surface area contributed by atoms with Gasteiger partial charge in [-0.15, -0.1) is 0 Å². The van der Waals surface area contributed by atoms with E-state index in [1.54, 1.807) is 6.07 Å². The van der Waals surface area contributed by atoms with Crippen LogP contribution in [0.2, 0.25) is 5.02 Å². The van der Waals surface area contributed by atoms with Gasteiger partial charge in [0, 0.05) is 5.02 Å². The summed E-state index contributed by atoms with van der Waals surface area (Å²) in [5.41, 5.74) is 0.727. The van der Waals surface area contributed by atoms with E-state index in [9.17, 15) is 4.39 Å². The fraction of sp³-hybridized carbons (Fsp3) is 0.222. The molecule has 0 bridgehead atoms. The topological polar surface area (TPSA) is 23.8 Å². The summed E-state index contributed by atoms with van der Waals surface area (Å²) in [4.78, 5) is 0. The highest BCUT2D eigenvalue weighted by Crippen LogP contribution is 2.20. The molecule has 0 atom stereocenters. The molecule has 0 heterocycles. The fourth-order valence-corrected chi connectivity index (χ4v) is 1.24. The zero-order valence-electron chi connectivity index (χ0n) is 6.56. The van der Waals surface area contributed by atoms with Crippen molar-refractivity contribution in [2.45, 2.75) is 13.3 Å². The minimum atomic E-state index is -0.501. The minimum Gasteiger partial charge on any atom is -0.206 e. The first-order valence-electron chi connectivity index (χ1n) is 3.57. The Morgan fingerprint density at radius 2 is 2.25 bits per heavy atom. The van der Waals surface area contributed by atoms with Crippen LogP contribution in [0.3, 0.4) is 0 Å². The van der Waals surface area contributed by atoms with E-state index in [0.29, 0.717) is 11.4 Å². The van der Waals surface area contributed by atoms with Crippen LogP contribution in [0.4, 0.5) is 4.39 Å². The average molecular weight is 184 g/mol. The van der Waals surface area contributed by atoms with Crippen LogP contribution in [-0.2, 0) is 6.42 Å². The van der Waals surface area contributed by atoms with E-state index in [1.807, 2.05) is 6.92 Å². The van der Waals surface area contributed by atoms with Gasteiger partial charge in [-0.1, -0.05) is 18.5 Å². The SMILES string of the molecule is CCc1cc(F)c(C#N)cc1Cl. The molecule has 0 aliphatic rings. The van der Waals surface area contributed by atoms with Gasteiger partial charge in [-0.25, -0.2) is 4.39 Å². The number of benzene rings is 1. The van der Waals surface area contributed by atoms with E-state index in [1.165, 1.54) is 12.1 Å². The number of hydrogen-bond donors (Lipinski definition) is 0. The van der Waals surface area contributed by atoms with Crippen molar-refractivity contribution in [1.82, 2.24) is 0 Å². The summed E-state index contributed by atoms with van der Waals surface area (Å²) in [6.07, 6.45) is 0.668. The van der Waals surface area contributed by atoms with E-state index < -0.39 is 5.82 Å². The van der Waals surface area contributed by atoms with Crippen molar-refractivity contribution >= 4 is 11.6 Å². The highest BCUT2D eigenvalue weighted by molar-refractivity contribution is 6.31. The Labute approximate surface area is 75.4 Å². The Balaban J connectivity index is 3.28. The average Bonchev–Trinajstić information content (AvgIpc) is 2.08. The Morgan fingerprint density at radius 1 is 1.58 bits per heavy atom. The van der Waals surface area contributed by atoms with Crippen LogP contribution in [-0.4, -0.2) is 0 Å². The smallest absolute Gasteiger partial charge is 0.141 e. The second-order valence-corrected chi connectivity index (χ2v) is 2.80. The van der Waals surface area contributed by atoms with Gasteiger partial charge in [0.05, 0.1) is 5.56 Å². The van der Waals surface area contributed by atoms with Gasteiger partial charge in [0.2, 0.25) is 0 Å². The van der Waals surface area contributed by atoms with Crippen molar-refractivity contribution < 1.29 is 4.39 Å². The van der Waals surface area contributed by atoms with E-state index in [0.717, 1.165) is 5.56 Å². The maximum absolute atomic E-state index is 12.9. The molecule has 0 aliphatic heterocycles. The lowest BCUT2D eigenvalue weighted by atomic mass is 10.1. The van der Waals surface area contributed by atoms with Crippen molar-refractivity contribution in [1.29, 1.82) is 5.26 Å². The molecule has 0 unspecified atom stereocenters. The van der Waals surface area contributed by atoms with Crippen LogP contribution in [0.1, 0.15) is 18.1 Å². The van der Waals surface area contributed by atoms with E-state index in [2.05, 4.69) is 0 Å². The molecule has 0 saturated heterocycles. The van der Waals surface area contributed by atoms with Crippen LogP contribution in [0, 0.1) is 17.1 Å². The zero-order valence-corrected chi connectivity index (χ0v) is 7.32. The molecule has 62 valence electrons. The standard InChI is InChI=1S/C9H7ClFN/c1-2-6-4-9(11)7(5-12)3-8(6)10/h3-4H,2H2,1H3. The highest BCUT2D eigenvalue weighted by Gasteiger charge is 2.05. The number of aryl methyl sites for hydroxylation is 1. The first-order chi connectivity index (χ1) is 5.69. The summed E-state index contributed by atoms with van der Waals surface area (Å²) in [6.45, 7) is 1.88. The largest absolute Gasteiger partial charge is 0.206 e. The highest BCUT2D eigenvalue weighted by atomic mass is 35.5. The van der Waals surface area contributed by atoms with E-state index >= 15 is 0 Å². The molecule has 12 heavy (non-hydrogen) atoms. The second-order valence-electron chi connectivity index (χ2n) is 2.39. The Hall–Kier alpha value is -1.07. The van der Waals surface area contributed by atoms with Crippen molar-refractivity contribution in [3.8, 4) is 6.07 Å². The number of rotatable bonds is 1. The monoisotopic (exact) mass is 183 g/mol. The van der Waals surface area contributed by atoms with Crippen molar-refractivity contribution in [3.05, 3.63) is 34.1 Å². The van der Waals surface area contributed by atoms with Gasteiger partial charge in [0.25, 0.3) is 0 Å².